The van der Waals surface area contributed by atoms with Crippen molar-refractivity contribution < 1.29 is 0 Å². The first-order valence-corrected chi connectivity index (χ1v) is 22.3. The summed E-state index contributed by atoms with van der Waals surface area (Å²) in [5.41, 5.74) is 11.3. The first-order chi connectivity index (χ1) is 31.7. The summed E-state index contributed by atoms with van der Waals surface area (Å²) >= 11 is 0. The maximum atomic E-state index is 3.96. The van der Waals surface area contributed by atoms with Gasteiger partial charge < -0.3 is 4.40 Å². The Bertz CT molecular complexity index is 4350. The smallest absolute Gasteiger partial charge is 0.0620 e. The van der Waals surface area contributed by atoms with E-state index in [1.807, 2.05) is 12.2 Å². The number of hydrogen-bond donors (Lipinski definition) is 0. The van der Waals surface area contributed by atoms with Crippen LogP contribution in [0, 0.1) is 6.92 Å². The summed E-state index contributed by atoms with van der Waals surface area (Å²) in [6.45, 7) is 6.21. The van der Waals surface area contributed by atoms with E-state index in [-0.39, 0.29) is 0 Å². The first-order valence-electron chi connectivity index (χ1n) is 22.3. The average molecular weight is 810 g/mol. The molecule has 0 aliphatic rings. The van der Waals surface area contributed by atoms with Gasteiger partial charge in [-0.2, -0.15) is 0 Å². The van der Waals surface area contributed by atoms with Crippen LogP contribution in [0.25, 0.3) is 142 Å². The maximum absolute atomic E-state index is 3.96. The van der Waals surface area contributed by atoms with Gasteiger partial charge in [0.1, 0.15) is 0 Å². The zero-order valence-corrected chi connectivity index (χ0v) is 35.3. The number of hydrogen-bond acceptors (Lipinski definition) is 0. The largest absolute Gasteiger partial charge is 0.308 e. The molecule has 12 aromatic carbocycles. The van der Waals surface area contributed by atoms with Gasteiger partial charge in [0.2, 0.25) is 0 Å². The number of fused-ring (bicyclic) bond motifs is 17. The van der Waals surface area contributed by atoms with Crippen molar-refractivity contribution in [2.75, 3.05) is 0 Å². The molecule has 0 fully saturated rings. The highest BCUT2D eigenvalue weighted by Crippen LogP contribution is 2.50. The molecule has 0 radical (unpaired) electrons. The maximum Gasteiger partial charge on any atom is 0.0620 e. The van der Waals surface area contributed by atoms with E-state index in [0.717, 1.165) is 0 Å². The molecule has 0 aliphatic carbocycles. The Morgan fingerprint density at radius 1 is 0.375 bits per heavy atom. The second kappa shape index (κ2) is 13.1. The summed E-state index contributed by atoms with van der Waals surface area (Å²) in [5.74, 6) is 0. The molecule has 2 heterocycles. The van der Waals surface area contributed by atoms with Crippen LogP contribution in [-0.2, 0) is 0 Å². The molecular formula is C63H39N. The molecule has 14 aromatic rings. The van der Waals surface area contributed by atoms with E-state index in [0.29, 0.717) is 0 Å². The highest BCUT2D eigenvalue weighted by atomic mass is 14.9. The van der Waals surface area contributed by atoms with Gasteiger partial charge in [-0.1, -0.05) is 189 Å². The normalized spacial score (nSPS) is 12.5. The second-order valence-corrected chi connectivity index (χ2v) is 17.6. The van der Waals surface area contributed by atoms with Crippen molar-refractivity contribution in [3.8, 4) is 22.3 Å². The van der Waals surface area contributed by atoms with Crippen LogP contribution in [-0.4, -0.2) is 4.40 Å². The number of benzene rings is 12. The summed E-state index contributed by atoms with van der Waals surface area (Å²) < 4.78 is 2.59. The van der Waals surface area contributed by atoms with Gasteiger partial charge >= 0.3 is 0 Å². The van der Waals surface area contributed by atoms with Gasteiger partial charge in [0.05, 0.1) is 16.6 Å². The van der Waals surface area contributed by atoms with E-state index in [1.165, 1.54) is 147 Å². The minimum Gasteiger partial charge on any atom is -0.308 e. The fraction of sp³-hybridized carbons (Fsp3) is 0.0159. The Hall–Kier alpha value is -8.26. The predicted octanol–water partition coefficient (Wildman–Crippen LogP) is 17.8. The van der Waals surface area contributed by atoms with Crippen LogP contribution >= 0.6 is 0 Å². The third-order valence-corrected chi connectivity index (χ3v) is 14.4. The van der Waals surface area contributed by atoms with E-state index in [9.17, 15) is 0 Å². The molecule has 1 heteroatoms. The van der Waals surface area contributed by atoms with Gasteiger partial charge in [-0.05, 0) is 140 Å². The zero-order chi connectivity index (χ0) is 42.2. The molecule has 0 saturated carbocycles. The van der Waals surface area contributed by atoms with Gasteiger partial charge in [0.25, 0.3) is 0 Å². The molecule has 64 heavy (non-hydrogen) atoms. The highest BCUT2D eigenvalue weighted by Gasteiger charge is 2.25. The van der Waals surface area contributed by atoms with Crippen LogP contribution < -0.4 is 0 Å². The number of para-hydroxylation sites is 1. The fourth-order valence-corrected chi connectivity index (χ4v) is 11.7. The molecule has 0 aliphatic heterocycles. The van der Waals surface area contributed by atoms with Gasteiger partial charge in [0, 0.05) is 21.5 Å². The van der Waals surface area contributed by atoms with Gasteiger partial charge in [0.15, 0.2) is 0 Å². The van der Waals surface area contributed by atoms with Crippen LogP contribution in [0.3, 0.4) is 0 Å². The van der Waals surface area contributed by atoms with Crippen molar-refractivity contribution in [1.82, 2.24) is 4.40 Å². The van der Waals surface area contributed by atoms with E-state index in [1.54, 1.807) is 0 Å². The van der Waals surface area contributed by atoms with Crippen LogP contribution in [0.5, 0.6) is 0 Å². The third-order valence-electron chi connectivity index (χ3n) is 14.4. The monoisotopic (exact) mass is 809 g/mol. The summed E-state index contributed by atoms with van der Waals surface area (Å²) in [4.78, 5) is 0. The Labute approximate surface area is 369 Å². The fourth-order valence-electron chi connectivity index (χ4n) is 11.7. The molecule has 1 nitrogen and oxygen atoms in total. The van der Waals surface area contributed by atoms with E-state index < -0.39 is 0 Å². The van der Waals surface area contributed by atoms with Crippen molar-refractivity contribution in [3.05, 3.63) is 218 Å². The number of rotatable bonds is 4. The topological polar surface area (TPSA) is 4.41 Å². The van der Waals surface area contributed by atoms with Crippen molar-refractivity contribution >= 4 is 120 Å². The minimum absolute atomic E-state index is 1.23. The lowest BCUT2D eigenvalue weighted by atomic mass is 9.87. The van der Waals surface area contributed by atoms with E-state index in [4.69, 9.17) is 0 Å². The van der Waals surface area contributed by atoms with E-state index in [2.05, 4.69) is 212 Å². The highest BCUT2D eigenvalue weighted by molar-refractivity contribution is 6.34. The molecule has 0 atom stereocenters. The molecule has 0 bridgehead atoms. The van der Waals surface area contributed by atoms with Gasteiger partial charge in [-0.3, -0.25) is 0 Å². The minimum atomic E-state index is 1.23. The molecule has 0 N–H and O–H groups in total. The second-order valence-electron chi connectivity index (χ2n) is 17.6. The molecule has 0 spiro atoms. The molecule has 14 rings (SSSR count). The third kappa shape index (κ3) is 4.68. The van der Waals surface area contributed by atoms with Gasteiger partial charge in [-0.25, -0.2) is 0 Å². The summed E-state index contributed by atoms with van der Waals surface area (Å²) in [6, 6.07) is 70.8. The Balaban J connectivity index is 1.11. The number of aromatic nitrogens is 1. The first kappa shape index (κ1) is 35.3. The molecule has 0 saturated heterocycles. The lowest BCUT2D eigenvalue weighted by Gasteiger charge is -2.16. The van der Waals surface area contributed by atoms with E-state index >= 15 is 0 Å². The van der Waals surface area contributed by atoms with Crippen LogP contribution in [0.4, 0.5) is 0 Å². The Kier molecular flexibility index (Phi) is 7.25. The predicted molar refractivity (Wildman–Crippen MR) is 278 cm³/mol. The lowest BCUT2D eigenvalue weighted by molar-refractivity contribution is 1.38. The molecule has 296 valence electrons. The molecule has 2 aromatic heterocycles. The zero-order valence-electron chi connectivity index (χ0n) is 35.3. The summed E-state index contributed by atoms with van der Waals surface area (Å²) in [6.07, 6.45) is 6.11. The summed E-state index contributed by atoms with van der Waals surface area (Å²) in [7, 11) is 0. The van der Waals surface area contributed by atoms with Crippen LogP contribution in [0.15, 0.2) is 207 Å². The molecule has 0 unspecified atom stereocenters. The standard InChI is InChI=1S/C63H39N/c1-3-4-18-42-37(2)43-31-29-40(33-55(43)50-25-13-9-21-46(42)50)59-44-19-7-5-16-38(44)35-57-61(59)53-27-15-28-54-62-58(64(57)63(53)54)36-39-17-6-8-20-45(39)60(62)41-30-32-52-49-24-11-10-22-47(49)48-23-12-14-26-51(48)56(52)34-41/h3-36H,1H2,2H3/b18-4-. The SMILES string of the molecule is C=C/C=C\c1c(C)c2ccc(-c3c4ccccc4cc4c3c3cccc5c6c(-c7ccc8c9ccccc9c9ccccc9c8c7)c7ccccc7cc6n4c35)cc2c2ccccc12. The molecular weight excluding hydrogens is 771 g/mol. The van der Waals surface area contributed by atoms with Crippen molar-refractivity contribution in [2.24, 2.45) is 0 Å². The van der Waals surface area contributed by atoms with Crippen LogP contribution in [0.1, 0.15) is 11.1 Å². The number of nitrogens with zero attached hydrogens (tertiary/aromatic N) is 1. The summed E-state index contributed by atoms with van der Waals surface area (Å²) in [5, 5.41) is 23.0. The quantitative estimate of drug-likeness (QED) is 0.123. The van der Waals surface area contributed by atoms with Gasteiger partial charge in [-0.15, -0.1) is 0 Å². The van der Waals surface area contributed by atoms with Crippen LogP contribution in [0.2, 0.25) is 0 Å². The average Bonchev–Trinajstić information content (AvgIpc) is 3.86. The van der Waals surface area contributed by atoms with Crippen molar-refractivity contribution in [1.29, 1.82) is 0 Å². The number of aryl methyl sites for hydroxylation is 1. The number of allylic oxidation sites excluding steroid dienone is 2. The lowest BCUT2D eigenvalue weighted by Crippen LogP contribution is -1.91. The Morgan fingerprint density at radius 2 is 0.781 bits per heavy atom. The Morgan fingerprint density at radius 3 is 1.31 bits per heavy atom. The van der Waals surface area contributed by atoms with Crippen molar-refractivity contribution in [2.45, 2.75) is 6.92 Å². The molecule has 0 amide bonds. The van der Waals surface area contributed by atoms with Crippen molar-refractivity contribution in [3.63, 3.8) is 0 Å².